The molecule has 2 heterocycles. The summed E-state index contributed by atoms with van der Waals surface area (Å²) in [5, 5.41) is 0.372. The Morgan fingerprint density at radius 2 is 2.00 bits per heavy atom. The van der Waals surface area contributed by atoms with E-state index in [4.69, 9.17) is 10.6 Å². The Kier molecular flexibility index (Phi) is 6.01. The second-order valence-corrected chi connectivity index (χ2v) is 6.81. The Hall–Kier alpha value is -2.76. The van der Waals surface area contributed by atoms with E-state index < -0.39 is 19.4 Å². The summed E-state index contributed by atoms with van der Waals surface area (Å²) in [5.74, 6) is 6.29. The summed E-state index contributed by atoms with van der Waals surface area (Å²) in [5.41, 5.74) is 1.83. The molecule has 12 heteroatoms. The molecule has 3 rings (SSSR count). The maximum absolute atomic E-state index is 12.4. The first-order chi connectivity index (χ1) is 13.6. The Bertz CT molecular complexity index is 1010. The first-order valence-electron chi connectivity index (χ1n) is 8.13. The fourth-order valence-electron chi connectivity index (χ4n) is 2.49. The van der Waals surface area contributed by atoms with Gasteiger partial charge in [-0.15, -0.1) is 0 Å². The van der Waals surface area contributed by atoms with E-state index in [1.165, 1.54) is 46.9 Å². The smallest absolute Gasteiger partial charge is 0.422 e. The molecule has 0 aliphatic carbocycles. The molecule has 0 amide bonds. The monoisotopic (exact) mass is 434 g/mol. The first-order valence-corrected chi connectivity index (χ1v) is 9.12. The number of thioether (sulfide) groups is 1. The molecule has 3 aromatic rings. The van der Waals surface area contributed by atoms with Crippen molar-refractivity contribution in [3.8, 4) is 11.5 Å². The molecule has 0 unspecified atom stereocenters. The third-order valence-corrected chi connectivity index (χ3v) is 4.81. The number of benzene rings is 1. The molecule has 2 N–H and O–H groups in total. The number of nitrogen functional groups attached to an aromatic ring is 1. The van der Waals surface area contributed by atoms with E-state index in [-0.39, 0.29) is 17.3 Å². The molecule has 0 radical (unpaired) electrons. The molecule has 156 valence electrons. The highest BCUT2D eigenvalue weighted by atomic mass is 32.2. The number of imidazole rings is 1. The molecule has 1 aromatic carbocycles. The number of hydrogen-bond donors (Lipinski definition) is 1. The zero-order chi connectivity index (χ0) is 21.2. The highest BCUT2D eigenvalue weighted by Gasteiger charge is 2.28. The van der Waals surface area contributed by atoms with Gasteiger partial charge in [-0.25, -0.2) is 9.66 Å². The predicted molar refractivity (Wildman–Crippen MR) is 96.6 cm³/mol. The van der Waals surface area contributed by atoms with Gasteiger partial charge in [0.1, 0.15) is 11.5 Å². The van der Waals surface area contributed by atoms with Gasteiger partial charge < -0.3 is 15.3 Å². The summed E-state index contributed by atoms with van der Waals surface area (Å²) >= 11 is 1.19. The van der Waals surface area contributed by atoms with Crippen LogP contribution < -0.4 is 15.3 Å². The summed E-state index contributed by atoms with van der Waals surface area (Å²) in [6.07, 6.45) is -3.09. The number of nitrogens with zero attached hydrogens (tertiary/aromatic N) is 3. The molecule has 0 fully saturated rings. The summed E-state index contributed by atoms with van der Waals surface area (Å²) in [6, 6.07) is 5.54. The van der Waals surface area contributed by atoms with Gasteiger partial charge in [-0.05, 0) is 25.1 Å². The third-order valence-electron chi connectivity index (χ3n) is 3.84. The van der Waals surface area contributed by atoms with E-state index in [1.807, 2.05) is 0 Å². The number of alkyl halides is 5. The minimum Gasteiger partial charge on any atom is -0.484 e. The van der Waals surface area contributed by atoms with Gasteiger partial charge in [0.2, 0.25) is 0 Å². The SMILES string of the molecule is Cc1c(OCC(F)(F)F)ccnc1CSc1nc2cc(OC(F)F)ccc2n1N. The fraction of sp³-hybridized carbons (Fsp3) is 0.294. The van der Waals surface area contributed by atoms with Gasteiger partial charge in [0.15, 0.2) is 11.8 Å². The van der Waals surface area contributed by atoms with Gasteiger partial charge in [-0.3, -0.25) is 4.98 Å². The van der Waals surface area contributed by atoms with Crippen molar-refractivity contribution in [1.82, 2.24) is 14.6 Å². The van der Waals surface area contributed by atoms with E-state index in [9.17, 15) is 22.0 Å². The predicted octanol–water partition coefficient (Wildman–Crippen LogP) is 4.29. The van der Waals surface area contributed by atoms with Gasteiger partial charge in [0.25, 0.3) is 0 Å². The fourth-order valence-corrected chi connectivity index (χ4v) is 3.44. The van der Waals surface area contributed by atoms with E-state index in [0.717, 1.165) is 0 Å². The molecular formula is C17H15F5N4O2S. The van der Waals surface area contributed by atoms with Crippen LogP contribution in [0.3, 0.4) is 0 Å². The number of nitrogens with two attached hydrogens (primary N) is 1. The van der Waals surface area contributed by atoms with Crippen molar-refractivity contribution >= 4 is 22.8 Å². The van der Waals surface area contributed by atoms with Crippen molar-refractivity contribution in [2.45, 2.75) is 30.6 Å². The standard InChI is InChI=1S/C17H15F5N4O2S/c1-9-12(24-5-4-14(9)27-8-17(20,21)22)7-29-16-25-11-6-10(28-15(18)19)2-3-13(11)26(16)23/h2-6,15H,7-8,23H2,1H3. The van der Waals surface area contributed by atoms with Gasteiger partial charge in [-0.2, -0.15) is 22.0 Å². The van der Waals surface area contributed by atoms with E-state index in [2.05, 4.69) is 14.7 Å². The van der Waals surface area contributed by atoms with Crippen LogP contribution in [0.2, 0.25) is 0 Å². The number of fused-ring (bicyclic) bond motifs is 1. The molecule has 6 nitrogen and oxygen atoms in total. The first kappa shape index (κ1) is 21.0. The molecule has 0 saturated heterocycles. The molecule has 0 spiro atoms. The molecule has 0 saturated carbocycles. The average molecular weight is 434 g/mol. The Morgan fingerprint density at radius 3 is 2.69 bits per heavy atom. The minimum atomic E-state index is -4.44. The lowest BCUT2D eigenvalue weighted by atomic mass is 10.2. The minimum absolute atomic E-state index is 0.0471. The van der Waals surface area contributed by atoms with Gasteiger partial charge >= 0.3 is 12.8 Å². The zero-order valence-corrected chi connectivity index (χ0v) is 15.7. The molecule has 0 bridgehead atoms. The second kappa shape index (κ2) is 8.31. The maximum Gasteiger partial charge on any atom is 0.422 e. The molecule has 0 aliphatic heterocycles. The largest absolute Gasteiger partial charge is 0.484 e. The second-order valence-electron chi connectivity index (χ2n) is 5.87. The van der Waals surface area contributed by atoms with Crippen LogP contribution in [-0.4, -0.2) is 34.0 Å². The molecule has 2 aromatic heterocycles. The number of hydrogen-bond acceptors (Lipinski definition) is 6. The van der Waals surface area contributed by atoms with Crippen molar-refractivity contribution in [3.05, 3.63) is 41.7 Å². The normalized spacial score (nSPS) is 12.0. The van der Waals surface area contributed by atoms with E-state index in [0.29, 0.717) is 27.4 Å². The summed E-state index contributed by atoms with van der Waals surface area (Å²) < 4.78 is 72.2. The highest BCUT2D eigenvalue weighted by molar-refractivity contribution is 7.98. The summed E-state index contributed by atoms with van der Waals surface area (Å²) in [7, 11) is 0. The Balaban J connectivity index is 1.76. The van der Waals surface area contributed by atoms with Crippen molar-refractivity contribution in [1.29, 1.82) is 0 Å². The quantitative estimate of drug-likeness (QED) is 0.340. The maximum atomic E-state index is 12.4. The number of aromatic nitrogens is 3. The summed E-state index contributed by atoms with van der Waals surface area (Å²) in [4.78, 5) is 8.45. The van der Waals surface area contributed by atoms with E-state index in [1.54, 1.807) is 6.92 Å². The highest BCUT2D eigenvalue weighted by Crippen LogP contribution is 2.30. The molecule has 29 heavy (non-hydrogen) atoms. The van der Waals surface area contributed by atoms with Crippen LogP contribution in [0.1, 0.15) is 11.3 Å². The van der Waals surface area contributed by atoms with Crippen molar-refractivity contribution < 1.29 is 31.4 Å². The van der Waals surface area contributed by atoms with Crippen LogP contribution in [0, 0.1) is 6.92 Å². The van der Waals surface area contributed by atoms with Gasteiger partial charge in [0.05, 0.1) is 16.7 Å². The van der Waals surface area contributed by atoms with Gasteiger partial charge in [0, 0.05) is 23.6 Å². The van der Waals surface area contributed by atoms with Crippen LogP contribution in [0.5, 0.6) is 11.5 Å². The zero-order valence-electron chi connectivity index (χ0n) is 14.9. The lowest BCUT2D eigenvalue weighted by molar-refractivity contribution is -0.153. The Labute approximate surface area is 165 Å². The van der Waals surface area contributed by atoms with Crippen molar-refractivity contribution in [2.75, 3.05) is 12.4 Å². The van der Waals surface area contributed by atoms with Crippen molar-refractivity contribution in [3.63, 3.8) is 0 Å². The molecule has 0 aliphatic rings. The van der Waals surface area contributed by atoms with Crippen LogP contribution in [0.4, 0.5) is 22.0 Å². The Morgan fingerprint density at radius 1 is 1.24 bits per heavy atom. The van der Waals surface area contributed by atoms with Crippen molar-refractivity contribution in [2.24, 2.45) is 0 Å². The number of ether oxygens (including phenoxy) is 2. The lowest BCUT2D eigenvalue weighted by Crippen LogP contribution is -2.19. The number of rotatable bonds is 7. The van der Waals surface area contributed by atoms with E-state index >= 15 is 0 Å². The number of pyridine rings is 1. The lowest BCUT2D eigenvalue weighted by Gasteiger charge is -2.13. The third kappa shape index (κ3) is 5.19. The van der Waals surface area contributed by atoms with Crippen LogP contribution in [0.15, 0.2) is 35.6 Å². The topological polar surface area (TPSA) is 75.2 Å². The average Bonchev–Trinajstić information content (AvgIpc) is 2.94. The van der Waals surface area contributed by atoms with Crippen LogP contribution in [0.25, 0.3) is 11.0 Å². The molecule has 0 atom stereocenters. The van der Waals surface area contributed by atoms with Crippen LogP contribution >= 0.6 is 11.8 Å². The number of halogens is 5. The molecular weight excluding hydrogens is 419 g/mol. The van der Waals surface area contributed by atoms with Crippen LogP contribution in [-0.2, 0) is 5.75 Å². The van der Waals surface area contributed by atoms with Gasteiger partial charge in [-0.1, -0.05) is 11.8 Å². The summed E-state index contributed by atoms with van der Waals surface area (Å²) in [6.45, 7) is -2.75.